The lowest BCUT2D eigenvalue weighted by Gasteiger charge is -2.08. The van der Waals surface area contributed by atoms with Crippen LogP contribution in [0.3, 0.4) is 0 Å². The lowest BCUT2D eigenvalue weighted by atomic mass is 10.0. The Morgan fingerprint density at radius 1 is 1.23 bits per heavy atom. The van der Waals surface area contributed by atoms with Crippen LogP contribution in [-0.4, -0.2) is 28.5 Å². The summed E-state index contributed by atoms with van der Waals surface area (Å²) < 4.78 is 12.0. The van der Waals surface area contributed by atoms with Gasteiger partial charge < -0.3 is 9.15 Å². The molecular formula is C18H21N3O4S. The number of ether oxygens (including phenoxy) is 1. The summed E-state index contributed by atoms with van der Waals surface area (Å²) in [5, 5.41) is 8.07. The zero-order valence-corrected chi connectivity index (χ0v) is 15.8. The van der Waals surface area contributed by atoms with E-state index < -0.39 is 0 Å². The van der Waals surface area contributed by atoms with Crippen LogP contribution in [0.25, 0.3) is 11.0 Å². The number of hydrogen-bond acceptors (Lipinski definition) is 6. The van der Waals surface area contributed by atoms with E-state index in [2.05, 4.69) is 10.2 Å². The van der Waals surface area contributed by atoms with Crippen molar-refractivity contribution in [2.24, 2.45) is 0 Å². The Hall–Kier alpha value is -2.32. The van der Waals surface area contributed by atoms with Crippen molar-refractivity contribution in [1.29, 1.82) is 0 Å². The third kappa shape index (κ3) is 3.91. The normalized spacial score (nSPS) is 11.3. The fourth-order valence-electron chi connectivity index (χ4n) is 2.72. The quantitative estimate of drug-likeness (QED) is 0.388. The Morgan fingerprint density at radius 3 is 2.77 bits per heavy atom. The summed E-state index contributed by atoms with van der Waals surface area (Å²) in [5.41, 5.74) is 3.03. The standard InChI is InChI=1S/C18H21N3O4S/c1-11-7-14-13(9-16(22)25-15(14)8-12(11)2)10-26-18-20-19-17(23)21(18)5-4-6-24-3/h7-9H,4-6,10H2,1-3H3,(H,19,23). The average Bonchev–Trinajstić information content (AvgIpc) is 2.95. The van der Waals surface area contributed by atoms with Gasteiger partial charge in [-0.25, -0.2) is 14.7 Å². The first kappa shape index (κ1) is 18.5. The van der Waals surface area contributed by atoms with E-state index in [1.54, 1.807) is 11.7 Å². The SMILES string of the molecule is COCCCn1c(SCc2cc(=O)oc3cc(C)c(C)cc23)n[nH]c1=O. The molecule has 0 radical (unpaired) electrons. The van der Waals surface area contributed by atoms with E-state index in [0.29, 0.717) is 29.6 Å². The van der Waals surface area contributed by atoms with Crippen molar-refractivity contribution < 1.29 is 9.15 Å². The molecule has 0 aliphatic heterocycles. The number of aryl methyl sites for hydroxylation is 2. The molecule has 2 heterocycles. The summed E-state index contributed by atoms with van der Waals surface area (Å²) in [5.74, 6) is 0.513. The number of fused-ring (bicyclic) bond motifs is 1. The minimum absolute atomic E-state index is 0.243. The third-order valence-electron chi connectivity index (χ3n) is 4.25. The van der Waals surface area contributed by atoms with Crippen molar-refractivity contribution in [3.05, 3.63) is 55.8 Å². The predicted molar refractivity (Wildman–Crippen MR) is 101 cm³/mol. The number of methoxy groups -OCH3 is 1. The topological polar surface area (TPSA) is 90.1 Å². The second-order valence-electron chi connectivity index (χ2n) is 6.12. The molecule has 0 aliphatic carbocycles. The number of benzene rings is 1. The number of thioether (sulfide) groups is 1. The summed E-state index contributed by atoms with van der Waals surface area (Å²) in [6, 6.07) is 5.42. The van der Waals surface area contributed by atoms with E-state index in [-0.39, 0.29) is 11.3 Å². The van der Waals surface area contributed by atoms with Crippen LogP contribution in [0.5, 0.6) is 0 Å². The first-order chi connectivity index (χ1) is 12.5. The Labute approximate surface area is 154 Å². The van der Waals surface area contributed by atoms with Gasteiger partial charge in [0.1, 0.15) is 5.58 Å². The monoisotopic (exact) mass is 375 g/mol. The van der Waals surface area contributed by atoms with Crippen molar-refractivity contribution in [3.63, 3.8) is 0 Å². The van der Waals surface area contributed by atoms with Crippen molar-refractivity contribution in [2.45, 2.75) is 37.7 Å². The van der Waals surface area contributed by atoms with Gasteiger partial charge in [-0.15, -0.1) is 5.10 Å². The van der Waals surface area contributed by atoms with Gasteiger partial charge in [0, 0.05) is 37.5 Å². The molecule has 1 aromatic carbocycles. The molecule has 0 unspecified atom stereocenters. The molecule has 0 bridgehead atoms. The number of nitrogens with zero attached hydrogens (tertiary/aromatic N) is 2. The van der Waals surface area contributed by atoms with Crippen molar-refractivity contribution in [2.75, 3.05) is 13.7 Å². The molecule has 0 spiro atoms. The fourth-order valence-corrected chi connectivity index (χ4v) is 3.69. The smallest absolute Gasteiger partial charge is 0.343 e. The lowest BCUT2D eigenvalue weighted by molar-refractivity contribution is 0.189. The van der Waals surface area contributed by atoms with Gasteiger partial charge >= 0.3 is 11.3 Å². The molecule has 0 aliphatic rings. The minimum Gasteiger partial charge on any atom is -0.423 e. The maximum absolute atomic E-state index is 11.9. The molecule has 3 rings (SSSR count). The zero-order valence-electron chi connectivity index (χ0n) is 15.0. The van der Waals surface area contributed by atoms with E-state index in [4.69, 9.17) is 9.15 Å². The Morgan fingerprint density at radius 2 is 2.00 bits per heavy atom. The number of aromatic nitrogens is 3. The van der Waals surface area contributed by atoms with Crippen LogP contribution in [-0.2, 0) is 17.0 Å². The second-order valence-corrected chi connectivity index (χ2v) is 7.06. The van der Waals surface area contributed by atoms with E-state index >= 15 is 0 Å². The molecule has 26 heavy (non-hydrogen) atoms. The molecular weight excluding hydrogens is 354 g/mol. The maximum atomic E-state index is 11.9. The molecule has 1 N–H and O–H groups in total. The van der Waals surface area contributed by atoms with Crippen LogP contribution in [0.4, 0.5) is 0 Å². The highest BCUT2D eigenvalue weighted by atomic mass is 32.2. The molecule has 0 saturated heterocycles. The van der Waals surface area contributed by atoms with Crippen LogP contribution >= 0.6 is 11.8 Å². The van der Waals surface area contributed by atoms with E-state index in [1.165, 1.54) is 17.8 Å². The van der Waals surface area contributed by atoms with Gasteiger partial charge in [0.15, 0.2) is 5.16 Å². The van der Waals surface area contributed by atoms with Crippen molar-refractivity contribution >= 4 is 22.7 Å². The fraction of sp³-hybridized carbons (Fsp3) is 0.389. The molecule has 3 aromatic rings. The summed E-state index contributed by atoms with van der Waals surface area (Å²) in [7, 11) is 1.63. The van der Waals surface area contributed by atoms with Crippen LogP contribution in [0.15, 0.2) is 37.4 Å². The highest BCUT2D eigenvalue weighted by molar-refractivity contribution is 7.98. The van der Waals surface area contributed by atoms with Crippen LogP contribution in [0, 0.1) is 13.8 Å². The maximum Gasteiger partial charge on any atom is 0.343 e. The predicted octanol–water partition coefficient (Wildman–Crippen LogP) is 2.62. The van der Waals surface area contributed by atoms with Gasteiger partial charge in [0.2, 0.25) is 0 Å². The number of rotatable bonds is 7. The first-order valence-electron chi connectivity index (χ1n) is 8.30. The van der Waals surface area contributed by atoms with Crippen LogP contribution < -0.4 is 11.3 Å². The molecule has 138 valence electrons. The molecule has 2 aromatic heterocycles. The summed E-state index contributed by atoms with van der Waals surface area (Å²) >= 11 is 1.41. The number of nitrogens with one attached hydrogen (secondary N) is 1. The number of aromatic amines is 1. The highest BCUT2D eigenvalue weighted by Gasteiger charge is 2.12. The van der Waals surface area contributed by atoms with E-state index in [1.807, 2.05) is 26.0 Å². The first-order valence-corrected chi connectivity index (χ1v) is 9.29. The molecule has 8 heteroatoms. The number of hydrogen-bond donors (Lipinski definition) is 1. The number of H-pyrrole nitrogens is 1. The van der Waals surface area contributed by atoms with Gasteiger partial charge in [-0.1, -0.05) is 11.8 Å². The van der Waals surface area contributed by atoms with Crippen LogP contribution in [0.2, 0.25) is 0 Å². The average molecular weight is 375 g/mol. The lowest BCUT2D eigenvalue weighted by Crippen LogP contribution is -2.18. The minimum atomic E-state index is -0.379. The molecule has 0 fully saturated rings. The Kier molecular flexibility index (Phi) is 5.63. The van der Waals surface area contributed by atoms with Crippen LogP contribution in [0.1, 0.15) is 23.1 Å². The molecule has 0 atom stereocenters. The summed E-state index contributed by atoms with van der Waals surface area (Å²) in [4.78, 5) is 23.8. The van der Waals surface area contributed by atoms with Gasteiger partial charge in [-0.2, -0.15) is 0 Å². The largest absolute Gasteiger partial charge is 0.423 e. The zero-order chi connectivity index (χ0) is 18.7. The summed E-state index contributed by atoms with van der Waals surface area (Å²) in [6.45, 7) is 5.11. The molecule has 0 saturated carbocycles. The Balaban J connectivity index is 1.88. The van der Waals surface area contributed by atoms with Gasteiger partial charge in [-0.3, -0.25) is 4.57 Å². The van der Waals surface area contributed by atoms with E-state index in [9.17, 15) is 9.59 Å². The second kappa shape index (κ2) is 7.92. The summed E-state index contributed by atoms with van der Waals surface area (Å²) in [6.07, 6.45) is 0.722. The van der Waals surface area contributed by atoms with Gasteiger partial charge in [-0.05, 0) is 49.1 Å². The molecule has 0 amide bonds. The molecule has 7 nitrogen and oxygen atoms in total. The van der Waals surface area contributed by atoms with Crippen molar-refractivity contribution in [3.8, 4) is 0 Å². The van der Waals surface area contributed by atoms with E-state index in [0.717, 1.165) is 28.5 Å². The third-order valence-corrected chi connectivity index (χ3v) is 5.28. The van der Waals surface area contributed by atoms with Crippen molar-refractivity contribution in [1.82, 2.24) is 14.8 Å². The highest BCUT2D eigenvalue weighted by Crippen LogP contribution is 2.26. The van der Waals surface area contributed by atoms with Gasteiger partial charge in [0.05, 0.1) is 0 Å². The van der Waals surface area contributed by atoms with Gasteiger partial charge in [0.25, 0.3) is 0 Å². The Bertz CT molecular complexity index is 1040.